The van der Waals surface area contributed by atoms with Crippen molar-refractivity contribution in [3.63, 3.8) is 0 Å². The highest BCUT2D eigenvalue weighted by molar-refractivity contribution is 6.30. The maximum atomic E-state index is 11.3. The first-order valence-corrected chi connectivity index (χ1v) is 6.15. The van der Waals surface area contributed by atoms with Crippen molar-refractivity contribution in [3.05, 3.63) is 64.9 Å². The van der Waals surface area contributed by atoms with Gasteiger partial charge in [0.05, 0.1) is 0 Å². The topological polar surface area (TPSA) is 62.2 Å². The molecule has 0 aliphatic heterocycles. The van der Waals surface area contributed by atoms with Crippen LogP contribution in [0.5, 0.6) is 0 Å². The second kappa shape index (κ2) is 6.31. The molecule has 1 heterocycles. The predicted molar refractivity (Wildman–Crippen MR) is 72.9 cm³/mol. The molecule has 2 rings (SSSR count). The van der Waals surface area contributed by atoms with Crippen LogP contribution in [0.25, 0.3) is 0 Å². The minimum atomic E-state index is -0.925. The Kier molecular flexibility index (Phi) is 4.49. The monoisotopic (exact) mass is 276 g/mol. The van der Waals surface area contributed by atoms with Crippen molar-refractivity contribution < 1.29 is 9.90 Å². The van der Waals surface area contributed by atoms with Crippen molar-refractivity contribution in [2.45, 2.75) is 12.6 Å². The van der Waals surface area contributed by atoms with Crippen molar-refractivity contribution in [1.82, 2.24) is 10.3 Å². The molecule has 0 bridgehead atoms. The molecule has 0 aliphatic rings. The third-order valence-corrected chi connectivity index (χ3v) is 2.94. The second-order valence-electron chi connectivity index (χ2n) is 4.06. The number of aliphatic carboxylic acids is 1. The number of aromatic nitrogens is 1. The molecule has 0 spiro atoms. The van der Waals surface area contributed by atoms with E-state index in [1.807, 2.05) is 12.1 Å². The van der Waals surface area contributed by atoms with Crippen LogP contribution in [0.4, 0.5) is 0 Å². The van der Waals surface area contributed by atoms with Crippen molar-refractivity contribution in [3.8, 4) is 0 Å². The Morgan fingerprint density at radius 3 is 2.63 bits per heavy atom. The highest BCUT2D eigenvalue weighted by atomic mass is 35.5. The van der Waals surface area contributed by atoms with Gasteiger partial charge < -0.3 is 5.11 Å². The van der Waals surface area contributed by atoms with Gasteiger partial charge in [-0.25, -0.2) is 0 Å². The third kappa shape index (κ3) is 3.77. The van der Waals surface area contributed by atoms with Crippen LogP contribution in [-0.4, -0.2) is 16.1 Å². The van der Waals surface area contributed by atoms with Crippen LogP contribution in [0.1, 0.15) is 17.2 Å². The Labute approximate surface area is 116 Å². The molecule has 4 nitrogen and oxygen atoms in total. The van der Waals surface area contributed by atoms with E-state index in [2.05, 4.69) is 10.3 Å². The van der Waals surface area contributed by atoms with Crippen LogP contribution < -0.4 is 5.32 Å². The molecule has 0 fully saturated rings. The summed E-state index contributed by atoms with van der Waals surface area (Å²) in [6, 6.07) is 9.71. The summed E-state index contributed by atoms with van der Waals surface area (Å²) in [7, 11) is 0. The van der Waals surface area contributed by atoms with Crippen molar-refractivity contribution in [2.24, 2.45) is 0 Å². The average molecular weight is 277 g/mol. The smallest absolute Gasteiger partial charge is 0.325 e. The number of halogens is 1. The number of carbonyl (C=O) groups is 1. The van der Waals surface area contributed by atoms with Crippen LogP contribution >= 0.6 is 11.6 Å². The Hall–Kier alpha value is -1.91. The lowest BCUT2D eigenvalue weighted by atomic mass is 10.1. The van der Waals surface area contributed by atoms with Gasteiger partial charge in [-0.2, -0.15) is 0 Å². The first kappa shape index (κ1) is 13.5. The maximum Gasteiger partial charge on any atom is 0.325 e. The maximum absolute atomic E-state index is 11.3. The highest BCUT2D eigenvalue weighted by Crippen LogP contribution is 2.17. The van der Waals surface area contributed by atoms with Gasteiger partial charge >= 0.3 is 5.97 Å². The Balaban J connectivity index is 2.09. The summed E-state index contributed by atoms with van der Waals surface area (Å²) in [5.41, 5.74) is 1.60. The molecule has 1 aromatic carbocycles. The first-order chi connectivity index (χ1) is 9.16. The molecule has 5 heteroatoms. The van der Waals surface area contributed by atoms with Crippen LogP contribution in [0.3, 0.4) is 0 Å². The number of hydrogen-bond donors (Lipinski definition) is 2. The molecular formula is C14H13ClN2O2. The molecular weight excluding hydrogens is 264 g/mol. The fourth-order valence-corrected chi connectivity index (χ4v) is 1.85. The minimum Gasteiger partial charge on any atom is -0.480 e. The zero-order valence-corrected chi connectivity index (χ0v) is 10.8. The van der Waals surface area contributed by atoms with Gasteiger partial charge in [0.15, 0.2) is 0 Å². The van der Waals surface area contributed by atoms with Crippen LogP contribution in [0.2, 0.25) is 5.02 Å². The van der Waals surface area contributed by atoms with Gasteiger partial charge in [-0.15, -0.1) is 0 Å². The summed E-state index contributed by atoms with van der Waals surface area (Å²) >= 11 is 5.79. The van der Waals surface area contributed by atoms with Crippen LogP contribution in [0, 0.1) is 0 Å². The van der Waals surface area contributed by atoms with E-state index in [4.69, 9.17) is 11.6 Å². The zero-order chi connectivity index (χ0) is 13.7. The van der Waals surface area contributed by atoms with E-state index in [0.29, 0.717) is 17.1 Å². The van der Waals surface area contributed by atoms with Crippen molar-refractivity contribution in [2.75, 3.05) is 0 Å². The van der Waals surface area contributed by atoms with E-state index in [-0.39, 0.29) is 0 Å². The average Bonchev–Trinajstić information content (AvgIpc) is 2.42. The minimum absolute atomic E-state index is 0.438. The molecule has 0 aliphatic carbocycles. The van der Waals surface area contributed by atoms with E-state index < -0.39 is 12.0 Å². The lowest BCUT2D eigenvalue weighted by molar-refractivity contribution is -0.139. The van der Waals surface area contributed by atoms with Crippen LogP contribution in [-0.2, 0) is 11.3 Å². The molecule has 1 atom stereocenters. The van der Waals surface area contributed by atoms with Gasteiger partial charge in [-0.05, 0) is 29.3 Å². The van der Waals surface area contributed by atoms with E-state index in [0.717, 1.165) is 5.56 Å². The second-order valence-corrected chi connectivity index (χ2v) is 4.50. The van der Waals surface area contributed by atoms with Crippen LogP contribution in [0.15, 0.2) is 48.8 Å². The Morgan fingerprint density at radius 1 is 1.32 bits per heavy atom. The zero-order valence-electron chi connectivity index (χ0n) is 10.1. The molecule has 19 heavy (non-hydrogen) atoms. The van der Waals surface area contributed by atoms with Gasteiger partial charge in [-0.1, -0.05) is 29.8 Å². The SMILES string of the molecule is O=C(O)C(NCc1cccnc1)c1ccc(Cl)cc1. The molecule has 0 amide bonds. The van der Waals surface area contributed by atoms with E-state index in [9.17, 15) is 9.90 Å². The van der Waals surface area contributed by atoms with Gasteiger partial charge in [0.1, 0.15) is 6.04 Å². The number of rotatable bonds is 5. The van der Waals surface area contributed by atoms with Gasteiger partial charge in [-0.3, -0.25) is 15.1 Å². The van der Waals surface area contributed by atoms with E-state index in [1.165, 1.54) is 0 Å². The number of benzene rings is 1. The number of nitrogens with zero attached hydrogens (tertiary/aromatic N) is 1. The highest BCUT2D eigenvalue weighted by Gasteiger charge is 2.18. The van der Waals surface area contributed by atoms with Crippen molar-refractivity contribution >= 4 is 17.6 Å². The lowest BCUT2D eigenvalue weighted by Crippen LogP contribution is -2.28. The molecule has 0 saturated heterocycles. The molecule has 0 saturated carbocycles. The van der Waals surface area contributed by atoms with E-state index >= 15 is 0 Å². The summed E-state index contributed by atoms with van der Waals surface area (Å²) in [5, 5.41) is 12.8. The number of hydrogen-bond acceptors (Lipinski definition) is 3. The van der Waals surface area contributed by atoms with Gasteiger partial charge in [0.25, 0.3) is 0 Å². The fourth-order valence-electron chi connectivity index (χ4n) is 1.73. The molecule has 2 N–H and O–H groups in total. The Morgan fingerprint density at radius 2 is 2.05 bits per heavy atom. The summed E-state index contributed by atoms with van der Waals surface area (Å²) in [5.74, 6) is -0.925. The summed E-state index contributed by atoms with van der Waals surface area (Å²) in [4.78, 5) is 15.3. The summed E-state index contributed by atoms with van der Waals surface area (Å²) < 4.78 is 0. The molecule has 1 aromatic heterocycles. The fraction of sp³-hybridized carbons (Fsp3) is 0.143. The lowest BCUT2D eigenvalue weighted by Gasteiger charge is -2.14. The standard InChI is InChI=1S/C14H13ClN2O2/c15-12-5-3-11(4-6-12)13(14(18)19)17-9-10-2-1-7-16-8-10/h1-8,13,17H,9H2,(H,18,19). The normalized spacial score (nSPS) is 12.1. The summed E-state index contributed by atoms with van der Waals surface area (Å²) in [6.45, 7) is 0.438. The van der Waals surface area contributed by atoms with Crippen molar-refractivity contribution in [1.29, 1.82) is 0 Å². The Bertz CT molecular complexity index is 543. The van der Waals surface area contributed by atoms with Gasteiger partial charge in [0.2, 0.25) is 0 Å². The predicted octanol–water partition coefficient (Wildman–Crippen LogP) is 2.65. The number of carboxylic acid groups (broad SMARTS) is 1. The molecule has 0 radical (unpaired) electrons. The summed E-state index contributed by atoms with van der Waals surface area (Å²) in [6.07, 6.45) is 3.38. The number of pyridine rings is 1. The van der Waals surface area contributed by atoms with E-state index in [1.54, 1.807) is 36.7 Å². The first-order valence-electron chi connectivity index (χ1n) is 5.77. The number of nitrogens with one attached hydrogen (secondary N) is 1. The van der Waals surface area contributed by atoms with Gasteiger partial charge in [0, 0.05) is 24.0 Å². The number of carboxylic acids is 1. The molecule has 98 valence electrons. The molecule has 1 unspecified atom stereocenters. The molecule has 2 aromatic rings. The third-order valence-electron chi connectivity index (χ3n) is 2.68. The quantitative estimate of drug-likeness (QED) is 0.881. The largest absolute Gasteiger partial charge is 0.480 e.